The maximum absolute atomic E-state index is 5.60. The fraction of sp³-hybridized carbons (Fsp3) is 0.143. The summed E-state index contributed by atoms with van der Waals surface area (Å²) in [6.07, 6.45) is 5.29. The third-order valence-electron chi connectivity index (χ3n) is 1.45. The summed E-state index contributed by atoms with van der Waals surface area (Å²) >= 11 is 5.60. The molecular weight excluding hydrogens is 162 g/mol. The zero-order valence-corrected chi connectivity index (χ0v) is 6.49. The largest absolute Gasteiger partial charge is 0.290 e. The van der Waals surface area contributed by atoms with Crippen molar-refractivity contribution in [3.8, 4) is 0 Å². The molecule has 0 saturated heterocycles. The zero-order valence-electron chi connectivity index (χ0n) is 5.74. The van der Waals surface area contributed by atoms with Crippen molar-refractivity contribution in [2.24, 2.45) is 0 Å². The van der Waals surface area contributed by atoms with Gasteiger partial charge in [-0.1, -0.05) is 0 Å². The van der Waals surface area contributed by atoms with Crippen LogP contribution in [0.2, 0.25) is 0 Å². The second kappa shape index (κ2) is 2.51. The number of aromatic nitrogens is 3. The minimum Gasteiger partial charge on any atom is -0.290 e. The van der Waals surface area contributed by atoms with Crippen LogP contribution in [0.4, 0.5) is 0 Å². The van der Waals surface area contributed by atoms with Crippen molar-refractivity contribution in [2.45, 2.75) is 5.88 Å². The molecule has 2 aromatic heterocycles. The SMILES string of the molecule is ClCc1cn2cnccc2n1. The lowest BCUT2D eigenvalue weighted by atomic mass is 10.6. The molecule has 0 aliphatic carbocycles. The third-order valence-corrected chi connectivity index (χ3v) is 1.72. The highest BCUT2D eigenvalue weighted by molar-refractivity contribution is 6.16. The second-order valence-electron chi connectivity index (χ2n) is 2.21. The normalized spacial score (nSPS) is 10.6. The maximum atomic E-state index is 5.60. The van der Waals surface area contributed by atoms with Crippen LogP contribution in [0.5, 0.6) is 0 Å². The van der Waals surface area contributed by atoms with Gasteiger partial charge in [-0.15, -0.1) is 11.6 Å². The van der Waals surface area contributed by atoms with Gasteiger partial charge in [0, 0.05) is 12.4 Å². The highest BCUT2D eigenvalue weighted by Gasteiger charge is 1.97. The summed E-state index contributed by atoms with van der Waals surface area (Å²) in [6.45, 7) is 0. The van der Waals surface area contributed by atoms with Gasteiger partial charge in [-0.2, -0.15) is 0 Å². The summed E-state index contributed by atoms with van der Waals surface area (Å²) in [7, 11) is 0. The molecule has 4 heteroatoms. The van der Waals surface area contributed by atoms with Crippen LogP contribution >= 0.6 is 11.6 Å². The number of rotatable bonds is 1. The van der Waals surface area contributed by atoms with E-state index in [0.717, 1.165) is 11.3 Å². The molecule has 0 spiro atoms. The molecule has 0 saturated carbocycles. The Morgan fingerprint density at radius 1 is 1.55 bits per heavy atom. The predicted molar refractivity (Wildman–Crippen MR) is 42.5 cm³/mol. The lowest BCUT2D eigenvalue weighted by Gasteiger charge is -1.85. The molecule has 0 aliphatic heterocycles. The van der Waals surface area contributed by atoms with Gasteiger partial charge in [-0.3, -0.25) is 4.40 Å². The van der Waals surface area contributed by atoms with E-state index in [2.05, 4.69) is 9.97 Å². The molecule has 2 heterocycles. The number of hydrogen-bond acceptors (Lipinski definition) is 2. The highest BCUT2D eigenvalue weighted by atomic mass is 35.5. The second-order valence-corrected chi connectivity index (χ2v) is 2.48. The van der Waals surface area contributed by atoms with E-state index >= 15 is 0 Å². The Bertz CT molecular complexity index is 335. The number of halogens is 1. The van der Waals surface area contributed by atoms with Crippen LogP contribution in [-0.2, 0) is 5.88 Å². The molecule has 2 aromatic rings. The van der Waals surface area contributed by atoms with Crippen molar-refractivity contribution in [1.29, 1.82) is 0 Å². The number of fused-ring (bicyclic) bond motifs is 1. The lowest BCUT2D eigenvalue weighted by Crippen LogP contribution is -1.81. The Labute approximate surface area is 68.7 Å². The Kier molecular flexibility index (Phi) is 1.51. The van der Waals surface area contributed by atoms with Gasteiger partial charge in [0.25, 0.3) is 0 Å². The van der Waals surface area contributed by atoms with E-state index < -0.39 is 0 Å². The molecule has 0 amide bonds. The van der Waals surface area contributed by atoms with Crippen LogP contribution < -0.4 is 0 Å². The summed E-state index contributed by atoms with van der Waals surface area (Å²) in [6, 6.07) is 1.84. The van der Waals surface area contributed by atoms with E-state index in [0.29, 0.717) is 5.88 Å². The first-order valence-corrected chi connectivity index (χ1v) is 3.77. The van der Waals surface area contributed by atoms with Gasteiger partial charge in [0.05, 0.1) is 11.6 Å². The van der Waals surface area contributed by atoms with Gasteiger partial charge < -0.3 is 0 Å². The Morgan fingerprint density at radius 3 is 3.18 bits per heavy atom. The quantitative estimate of drug-likeness (QED) is 0.602. The van der Waals surface area contributed by atoms with Crippen LogP contribution in [-0.4, -0.2) is 14.4 Å². The standard InChI is InChI=1S/C7H6ClN3/c8-3-6-4-11-5-9-2-1-7(11)10-6/h1-2,4-5H,3H2. The lowest BCUT2D eigenvalue weighted by molar-refractivity contribution is 1.08. The van der Waals surface area contributed by atoms with Crippen LogP contribution in [0.15, 0.2) is 24.8 Å². The Morgan fingerprint density at radius 2 is 2.45 bits per heavy atom. The number of hydrogen-bond donors (Lipinski definition) is 0. The fourth-order valence-corrected chi connectivity index (χ4v) is 1.09. The molecule has 0 aromatic carbocycles. The summed E-state index contributed by atoms with van der Waals surface area (Å²) in [5.74, 6) is 0.446. The highest BCUT2D eigenvalue weighted by Crippen LogP contribution is 2.04. The number of imidazole rings is 1. The smallest absolute Gasteiger partial charge is 0.139 e. The minimum atomic E-state index is 0.446. The molecule has 56 valence electrons. The maximum Gasteiger partial charge on any atom is 0.139 e. The van der Waals surface area contributed by atoms with Crippen LogP contribution in [0.3, 0.4) is 0 Å². The van der Waals surface area contributed by atoms with Crippen molar-refractivity contribution in [3.05, 3.63) is 30.5 Å². The van der Waals surface area contributed by atoms with Crippen LogP contribution in [0.1, 0.15) is 5.69 Å². The summed E-state index contributed by atoms with van der Waals surface area (Å²) in [4.78, 5) is 8.16. The summed E-state index contributed by atoms with van der Waals surface area (Å²) in [5, 5.41) is 0. The van der Waals surface area contributed by atoms with E-state index in [1.807, 2.05) is 16.7 Å². The van der Waals surface area contributed by atoms with E-state index in [9.17, 15) is 0 Å². The minimum absolute atomic E-state index is 0.446. The Hall–Kier alpha value is -1.09. The molecule has 0 aliphatic rings. The first-order chi connectivity index (χ1) is 5.40. The third kappa shape index (κ3) is 1.07. The van der Waals surface area contributed by atoms with Crippen LogP contribution in [0, 0.1) is 0 Å². The van der Waals surface area contributed by atoms with Gasteiger partial charge >= 0.3 is 0 Å². The molecular formula is C7H6ClN3. The monoisotopic (exact) mass is 167 g/mol. The molecule has 0 bridgehead atoms. The molecule has 0 N–H and O–H groups in total. The van der Waals surface area contributed by atoms with Gasteiger partial charge in [0.2, 0.25) is 0 Å². The molecule has 11 heavy (non-hydrogen) atoms. The molecule has 0 fully saturated rings. The van der Waals surface area contributed by atoms with Crippen molar-refractivity contribution in [3.63, 3.8) is 0 Å². The number of nitrogens with zero attached hydrogens (tertiary/aromatic N) is 3. The van der Waals surface area contributed by atoms with Gasteiger partial charge in [-0.25, -0.2) is 9.97 Å². The number of alkyl halides is 1. The van der Waals surface area contributed by atoms with Gasteiger partial charge in [0.15, 0.2) is 0 Å². The van der Waals surface area contributed by atoms with Crippen LogP contribution in [0.25, 0.3) is 5.65 Å². The molecule has 2 rings (SSSR count). The average Bonchev–Trinajstić information content (AvgIpc) is 2.46. The Balaban J connectivity index is 2.69. The molecule has 0 unspecified atom stereocenters. The van der Waals surface area contributed by atoms with E-state index in [1.165, 1.54) is 0 Å². The van der Waals surface area contributed by atoms with E-state index in [-0.39, 0.29) is 0 Å². The van der Waals surface area contributed by atoms with Crippen molar-refractivity contribution < 1.29 is 0 Å². The molecule has 0 radical (unpaired) electrons. The first-order valence-electron chi connectivity index (χ1n) is 3.24. The van der Waals surface area contributed by atoms with Crippen molar-refractivity contribution in [2.75, 3.05) is 0 Å². The first kappa shape index (κ1) is 6.61. The topological polar surface area (TPSA) is 30.2 Å². The van der Waals surface area contributed by atoms with E-state index in [1.54, 1.807) is 12.5 Å². The van der Waals surface area contributed by atoms with Gasteiger partial charge in [-0.05, 0) is 6.07 Å². The van der Waals surface area contributed by atoms with Crippen molar-refractivity contribution in [1.82, 2.24) is 14.4 Å². The molecule has 3 nitrogen and oxygen atoms in total. The van der Waals surface area contributed by atoms with Crippen molar-refractivity contribution >= 4 is 17.2 Å². The summed E-state index contributed by atoms with van der Waals surface area (Å²) in [5.41, 5.74) is 1.76. The molecule has 0 atom stereocenters. The van der Waals surface area contributed by atoms with E-state index in [4.69, 9.17) is 11.6 Å². The summed E-state index contributed by atoms with van der Waals surface area (Å²) < 4.78 is 1.84. The fourth-order valence-electron chi connectivity index (χ4n) is 0.961. The predicted octanol–water partition coefficient (Wildman–Crippen LogP) is 1.47. The zero-order chi connectivity index (χ0) is 7.68. The van der Waals surface area contributed by atoms with Gasteiger partial charge in [0.1, 0.15) is 12.0 Å². The average molecular weight is 168 g/mol.